The molecule has 1 fully saturated rings. The Morgan fingerprint density at radius 3 is 2.36 bits per heavy atom. The number of rotatable bonds is 9. The van der Waals surface area contributed by atoms with Gasteiger partial charge in [-0.1, -0.05) is 18.2 Å². The summed E-state index contributed by atoms with van der Waals surface area (Å²) < 4.78 is 33.8. The van der Waals surface area contributed by atoms with Crippen molar-refractivity contribution >= 4 is 11.6 Å². The third-order valence-corrected chi connectivity index (χ3v) is 5.13. The molecule has 0 radical (unpaired) electrons. The molecule has 2 aromatic carbocycles. The maximum absolute atomic E-state index is 12.6. The second kappa shape index (κ2) is 9.06. The lowest BCUT2D eigenvalue weighted by atomic mass is 9.70. The van der Waals surface area contributed by atoms with E-state index in [1.54, 1.807) is 25.3 Å². The van der Waals surface area contributed by atoms with Gasteiger partial charge in [0.25, 0.3) is 0 Å². The fraction of sp³-hybridized carbons (Fsp3) is 0.364. The van der Waals surface area contributed by atoms with Crippen molar-refractivity contribution in [2.75, 3.05) is 13.7 Å². The van der Waals surface area contributed by atoms with Crippen molar-refractivity contribution in [3.05, 3.63) is 65.2 Å². The van der Waals surface area contributed by atoms with Gasteiger partial charge in [0.05, 0.1) is 0 Å². The van der Waals surface area contributed by atoms with Crippen molar-refractivity contribution < 1.29 is 27.8 Å². The highest BCUT2D eigenvalue weighted by Crippen LogP contribution is 2.43. The lowest BCUT2D eigenvalue weighted by Gasteiger charge is -2.35. The first-order valence-electron chi connectivity index (χ1n) is 9.20. The molecule has 0 atom stereocenters. The predicted octanol–water partition coefficient (Wildman–Crippen LogP) is 4.88. The molecule has 4 nitrogen and oxygen atoms in total. The molecule has 0 aromatic heterocycles. The fourth-order valence-corrected chi connectivity index (χ4v) is 3.51. The number of benzene rings is 2. The summed E-state index contributed by atoms with van der Waals surface area (Å²) in [5.74, 6) is -0.309. The summed E-state index contributed by atoms with van der Waals surface area (Å²) >= 11 is 0. The zero-order valence-corrected chi connectivity index (χ0v) is 15.6. The minimum absolute atomic E-state index is 0.0611. The quantitative estimate of drug-likeness (QED) is 0.454. The second-order valence-electron chi connectivity index (χ2n) is 7.00. The SMILES string of the molecule is COCCC1CC(c2cccc(C(=O)C(=O)c3ccc(OC(F)F)cc3)c2)C1. The molecule has 3 rings (SSSR count). The Labute approximate surface area is 162 Å². The molecule has 0 saturated heterocycles. The predicted molar refractivity (Wildman–Crippen MR) is 100 cm³/mol. The van der Waals surface area contributed by atoms with E-state index in [0.29, 0.717) is 17.4 Å². The molecule has 0 bridgehead atoms. The Kier molecular flexibility index (Phi) is 6.52. The molecule has 148 valence electrons. The molecule has 0 unspecified atom stereocenters. The summed E-state index contributed by atoms with van der Waals surface area (Å²) in [5.41, 5.74) is 1.55. The first-order valence-corrected chi connectivity index (χ1v) is 9.20. The number of halogens is 2. The molecule has 0 aliphatic heterocycles. The fourth-order valence-electron chi connectivity index (χ4n) is 3.51. The first kappa shape index (κ1) is 20.1. The summed E-state index contributed by atoms with van der Waals surface area (Å²) in [6.07, 6.45) is 3.15. The van der Waals surface area contributed by atoms with Crippen LogP contribution in [-0.2, 0) is 4.74 Å². The van der Waals surface area contributed by atoms with Crippen LogP contribution in [0.2, 0.25) is 0 Å². The number of Topliss-reactive ketones (excluding diaryl/α,β-unsaturated/α-hetero) is 2. The van der Waals surface area contributed by atoms with Gasteiger partial charge in [-0.05, 0) is 67.0 Å². The van der Waals surface area contributed by atoms with Crippen LogP contribution in [0.3, 0.4) is 0 Å². The minimum Gasteiger partial charge on any atom is -0.435 e. The van der Waals surface area contributed by atoms with Crippen LogP contribution in [0.5, 0.6) is 5.75 Å². The molecular formula is C22H22F2O4. The number of carbonyl (C=O) groups is 2. The van der Waals surface area contributed by atoms with Crippen molar-refractivity contribution in [3.8, 4) is 5.75 Å². The highest BCUT2D eigenvalue weighted by atomic mass is 19.3. The Morgan fingerprint density at radius 1 is 1.04 bits per heavy atom. The molecule has 28 heavy (non-hydrogen) atoms. The number of methoxy groups -OCH3 is 1. The van der Waals surface area contributed by atoms with Crippen LogP contribution in [0.4, 0.5) is 8.78 Å². The van der Waals surface area contributed by atoms with Gasteiger partial charge in [-0.15, -0.1) is 0 Å². The smallest absolute Gasteiger partial charge is 0.387 e. The Morgan fingerprint density at radius 2 is 1.71 bits per heavy atom. The monoisotopic (exact) mass is 388 g/mol. The van der Waals surface area contributed by atoms with Gasteiger partial charge in [0.15, 0.2) is 0 Å². The number of carbonyl (C=O) groups excluding carboxylic acids is 2. The molecule has 6 heteroatoms. The lowest BCUT2D eigenvalue weighted by molar-refractivity contribution is -0.0498. The molecule has 2 aromatic rings. The van der Waals surface area contributed by atoms with Gasteiger partial charge in [0, 0.05) is 24.8 Å². The second-order valence-corrected chi connectivity index (χ2v) is 7.00. The first-order chi connectivity index (χ1) is 13.5. The summed E-state index contributed by atoms with van der Waals surface area (Å²) in [7, 11) is 1.70. The van der Waals surface area contributed by atoms with Gasteiger partial charge in [-0.3, -0.25) is 9.59 Å². The van der Waals surface area contributed by atoms with Crippen molar-refractivity contribution in [1.82, 2.24) is 0 Å². The standard InChI is InChI=1S/C22H22F2O4/c1-27-10-9-14-11-18(12-14)16-3-2-4-17(13-16)21(26)20(25)15-5-7-19(8-6-15)28-22(23)24/h2-8,13-14,18,22H,9-12H2,1H3. The van der Waals surface area contributed by atoms with E-state index in [-0.39, 0.29) is 11.3 Å². The average Bonchev–Trinajstić information content (AvgIpc) is 2.66. The summed E-state index contributed by atoms with van der Waals surface area (Å²) in [4.78, 5) is 25.0. The number of ether oxygens (including phenoxy) is 2. The molecule has 0 heterocycles. The Balaban J connectivity index is 1.65. The highest BCUT2D eigenvalue weighted by molar-refractivity contribution is 6.49. The van der Waals surface area contributed by atoms with E-state index in [9.17, 15) is 18.4 Å². The number of hydrogen-bond acceptors (Lipinski definition) is 4. The molecular weight excluding hydrogens is 366 g/mol. The minimum atomic E-state index is -2.94. The van der Waals surface area contributed by atoms with Gasteiger partial charge in [-0.2, -0.15) is 8.78 Å². The zero-order valence-electron chi connectivity index (χ0n) is 15.6. The van der Waals surface area contributed by atoms with Gasteiger partial charge >= 0.3 is 6.61 Å². The highest BCUT2D eigenvalue weighted by Gasteiger charge is 2.30. The maximum atomic E-state index is 12.6. The molecule has 1 aliphatic carbocycles. The van der Waals surface area contributed by atoms with E-state index in [1.165, 1.54) is 24.3 Å². The van der Waals surface area contributed by atoms with Crippen molar-refractivity contribution in [3.63, 3.8) is 0 Å². The van der Waals surface area contributed by atoms with E-state index in [1.807, 2.05) is 6.07 Å². The molecule has 1 saturated carbocycles. The lowest BCUT2D eigenvalue weighted by Crippen LogP contribution is -2.23. The van der Waals surface area contributed by atoms with Gasteiger partial charge in [0.1, 0.15) is 5.75 Å². The topological polar surface area (TPSA) is 52.6 Å². The van der Waals surface area contributed by atoms with Crippen LogP contribution in [0.1, 0.15) is 51.5 Å². The van der Waals surface area contributed by atoms with Crippen LogP contribution in [0.15, 0.2) is 48.5 Å². The molecule has 0 amide bonds. The summed E-state index contributed by atoms with van der Waals surface area (Å²) in [5, 5.41) is 0. The van der Waals surface area contributed by atoms with E-state index in [0.717, 1.165) is 31.4 Å². The van der Waals surface area contributed by atoms with Crippen LogP contribution >= 0.6 is 0 Å². The Hall–Kier alpha value is -2.60. The summed E-state index contributed by atoms with van der Waals surface area (Å²) in [6.45, 7) is -2.18. The molecule has 0 N–H and O–H groups in total. The number of hydrogen-bond donors (Lipinski definition) is 0. The maximum Gasteiger partial charge on any atom is 0.387 e. The van der Waals surface area contributed by atoms with Crippen molar-refractivity contribution in [2.24, 2.45) is 5.92 Å². The number of ketones is 2. The van der Waals surface area contributed by atoms with Crippen LogP contribution in [0.25, 0.3) is 0 Å². The van der Waals surface area contributed by atoms with E-state index in [4.69, 9.17) is 4.74 Å². The third-order valence-electron chi connectivity index (χ3n) is 5.13. The largest absolute Gasteiger partial charge is 0.435 e. The molecule has 1 aliphatic rings. The third kappa shape index (κ3) is 4.81. The zero-order chi connectivity index (χ0) is 20.1. The summed E-state index contributed by atoms with van der Waals surface area (Å²) in [6, 6.07) is 12.3. The van der Waals surface area contributed by atoms with Crippen LogP contribution in [-0.4, -0.2) is 31.9 Å². The molecule has 0 spiro atoms. The normalized spacial score (nSPS) is 18.6. The van der Waals surface area contributed by atoms with Crippen molar-refractivity contribution in [1.29, 1.82) is 0 Å². The number of alkyl halides is 2. The van der Waals surface area contributed by atoms with Crippen molar-refractivity contribution in [2.45, 2.75) is 31.8 Å². The Bertz CT molecular complexity index is 827. The van der Waals surface area contributed by atoms with E-state index >= 15 is 0 Å². The van der Waals surface area contributed by atoms with Gasteiger partial charge in [-0.25, -0.2) is 0 Å². The van der Waals surface area contributed by atoms with Crippen LogP contribution < -0.4 is 4.74 Å². The average molecular weight is 388 g/mol. The van der Waals surface area contributed by atoms with Gasteiger partial charge < -0.3 is 9.47 Å². The van der Waals surface area contributed by atoms with E-state index < -0.39 is 18.2 Å². The van der Waals surface area contributed by atoms with E-state index in [2.05, 4.69) is 4.74 Å². The van der Waals surface area contributed by atoms with Gasteiger partial charge in [0.2, 0.25) is 11.6 Å². The van der Waals surface area contributed by atoms with Crippen LogP contribution in [0, 0.1) is 5.92 Å².